The van der Waals surface area contributed by atoms with Gasteiger partial charge in [-0.2, -0.15) is 5.26 Å². The fourth-order valence-corrected chi connectivity index (χ4v) is 6.32. The Morgan fingerprint density at radius 3 is 2.00 bits per heavy atom. The zero-order valence-electron chi connectivity index (χ0n) is 20.0. The Labute approximate surface area is 195 Å². The molecule has 0 radical (unpaired) electrons. The van der Waals surface area contributed by atoms with E-state index in [-0.39, 0.29) is 35.1 Å². The molecule has 0 aromatic rings. The number of carbonyl (C=O) groups excluding carboxylic acids is 1. The molecule has 0 aromatic heterocycles. The molecule has 1 N–H and O–H groups in total. The Morgan fingerprint density at radius 1 is 0.969 bits per heavy atom. The molecule has 2 aliphatic rings. The van der Waals surface area contributed by atoms with Crippen LogP contribution in [0.5, 0.6) is 0 Å². The van der Waals surface area contributed by atoms with Gasteiger partial charge in [-0.05, 0) is 33.4 Å². The number of sulfone groups is 1. The standard InChI is InChI=1S/C24H42N4O3S/c1-27(2)15-16-28(23-14-17-32(30,31)20-23)19-21(18-25)24(29)26-22-12-10-8-6-4-3-5-7-9-11-13-22/h19,22-23H,3-17,20H2,1-2H3,(H,26,29)/b21-19-. The van der Waals surface area contributed by atoms with E-state index >= 15 is 0 Å². The van der Waals surface area contributed by atoms with Gasteiger partial charge in [-0.1, -0.05) is 57.8 Å². The van der Waals surface area contributed by atoms with Crippen LogP contribution in [-0.4, -0.2) is 74.9 Å². The fraction of sp³-hybridized carbons (Fsp3) is 0.833. The lowest BCUT2D eigenvalue weighted by atomic mass is 9.97. The van der Waals surface area contributed by atoms with E-state index in [0.717, 1.165) is 32.2 Å². The topological polar surface area (TPSA) is 93.5 Å². The maximum Gasteiger partial charge on any atom is 0.263 e. The molecule has 32 heavy (non-hydrogen) atoms. The van der Waals surface area contributed by atoms with Gasteiger partial charge in [0.15, 0.2) is 9.84 Å². The number of rotatable bonds is 7. The van der Waals surface area contributed by atoms with Gasteiger partial charge in [-0.3, -0.25) is 4.79 Å². The van der Waals surface area contributed by atoms with Crippen molar-refractivity contribution in [2.45, 2.75) is 89.1 Å². The summed E-state index contributed by atoms with van der Waals surface area (Å²) in [6.07, 6.45) is 15.1. The zero-order chi connectivity index (χ0) is 23.4. The number of amides is 1. The molecule has 2 rings (SSSR count). The van der Waals surface area contributed by atoms with Crippen molar-refractivity contribution < 1.29 is 13.2 Å². The van der Waals surface area contributed by atoms with Crippen molar-refractivity contribution in [1.29, 1.82) is 5.26 Å². The Balaban J connectivity index is 2.05. The smallest absolute Gasteiger partial charge is 0.263 e. The minimum Gasteiger partial charge on any atom is -0.371 e. The van der Waals surface area contributed by atoms with E-state index < -0.39 is 9.84 Å². The Kier molecular flexibility index (Phi) is 11.5. The zero-order valence-corrected chi connectivity index (χ0v) is 20.8. The summed E-state index contributed by atoms with van der Waals surface area (Å²) in [7, 11) is 0.854. The molecule has 0 bridgehead atoms. The van der Waals surface area contributed by atoms with E-state index in [4.69, 9.17) is 0 Å². The molecule has 8 heteroatoms. The van der Waals surface area contributed by atoms with Crippen LogP contribution in [0.1, 0.15) is 77.0 Å². The van der Waals surface area contributed by atoms with Crippen LogP contribution in [0.3, 0.4) is 0 Å². The predicted molar refractivity (Wildman–Crippen MR) is 129 cm³/mol. The second-order valence-electron chi connectivity index (χ2n) is 9.68. The quantitative estimate of drug-likeness (QED) is 0.457. The van der Waals surface area contributed by atoms with Crippen molar-refractivity contribution in [3.05, 3.63) is 11.8 Å². The highest BCUT2D eigenvalue weighted by molar-refractivity contribution is 7.91. The number of hydrogen-bond acceptors (Lipinski definition) is 6. The largest absolute Gasteiger partial charge is 0.371 e. The highest BCUT2D eigenvalue weighted by atomic mass is 32.2. The van der Waals surface area contributed by atoms with Gasteiger partial charge in [0.25, 0.3) is 5.91 Å². The third-order valence-electron chi connectivity index (χ3n) is 6.58. The summed E-state index contributed by atoms with van der Waals surface area (Å²) in [6.45, 7) is 1.30. The van der Waals surface area contributed by atoms with E-state index in [2.05, 4.69) is 11.4 Å². The summed E-state index contributed by atoms with van der Waals surface area (Å²) >= 11 is 0. The molecule has 1 atom stereocenters. The Bertz CT molecular complexity index is 746. The summed E-state index contributed by atoms with van der Waals surface area (Å²) in [4.78, 5) is 16.9. The monoisotopic (exact) mass is 466 g/mol. The maximum absolute atomic E-state index is 13.0. The first-order chi connectivity index (χ1) is 15.3. The summed E-state index contributed by atoms with van der Waals surface area (Å²) in [6, 6.07) is 1.98. The van der Waals surface area contributed by atoms with Gasteiger partial charge in [0.2, 0.25) is 0 Å². The van der Waals surface area contributed by atoms with Crippen LogP contribution in [0.2, 0.25) is 0 Å². The highest BCUT2D eigenvalue weighted by Crippen LogP contribution is 2.20. The van der Waals surface area contributed by atoms with Gasteiger partial charge in [0.1, 0.15) is 11.6 Å². The second-order valence-corrected chi connectivity index (χ2v) is 11.9. The predicted octanol–water partition coefficient (Wildman–Crippen LogP) is 3.23. The Morgan fingerprint density at radius 2 is 1.53 bits per heavy atom. The molecule has 0 aromatic carbocycles. The number of carbonyl (C=O) groups is 1. The van der Waals surface area contributed by atoms with Crippen molar-refractivity contribution in [3.8, 4) is 6.07 Å². The van der Waals surface area contributed by atoms with Gasteiger partial charge >= 0.3 is 0 Å². The molecule has 1 unspecified atom stereocenters. The molecule has 0 spiro atoms. The van der Waals surface area contributed by atoms with Crippen LogP contribution in [0.4, 0.5) is 0 Å². The molecular formula is C24H42N4O3S. The maximum atomic E-state index is 13.0. The second kappa shape index (κ2) is 13.8. The van der Waals surface area contributed by atoms with E-state index in [1.165, 1.54) is 44.9 Å². The SMILES string of the molecule is CN(C)CCN(/C=C(/C#N)C(=O)NC1CCCCCCCCCCC1)C1CCS(=O)(=O)C1. The first-order valence-corrected chi connectivity index (χ1v) is 14.2. The van der Waals surface area contributed by atoms with E-state index in [0.29, 0.717) is 13.0 Å². The lowest BCUT2D eigenvalue weighted by Gasteiger charge is -2.28. The molecule has 1 amide bonds. The van der Waals surface area contributed by atoms with Crippen LogP contribution >= 0.6 is 0 Å². The molecular weight excluding hydrogens is 424 g/mol. The fourth-order valence-electron chi connectivity index (χ4n) is 4.58. The van der Waals surface area contributed by atoms with Crippen molar-refractivity contribution in [3.63, 3.8) is 0 Å². The summed E-state index contributed by atoms with van der Waals surface area (Å²) in [5.74, 6) is -0.0830. The normalized spacial score (nSPS) is 23.7. The lowest BCUT2D eigenvalue weighted by molar-refractivity contribution is -0.118. The summed E-state index contributed by atoms with van der Waals surface area (Å²) < 4.78 is 24.0. The van der Waals surface area contributed by atoms with Crippen molar-refractivity contribution in [1.82, 2.24) is 15.1 Å². The molecule has 1 aliphatic heterocycles. The summed E-state index contributed by atoms with van der Waals surface area (Å²) in [5.41, 5.74) is 0.0687. The van der Waals surface area contributed by atoms with Crippen molar-refractivity contribution in [2.75, 3.05) is 38.7 Å². The third-order valence-corrected chi connectivity index (χ3v) is 8.33. The van der Waals surface area contributed by atoms with E-state index in [1.807, 2.05) is 23.9 Å². The van der Waals surface area contributed by atoms with Crippen LogP contribution in [0.25, 0.3) is 0 Å². The molecule has 1 aliphatic carbocycles. The average Bonchev–Trinajstić information content (AvgIpc) is 3.09. The van der Waals surface area contributed by atoms with Crippen LogP contribution in [0.15, 0.2) is 11.8 Å². The van der Waals surface area contributed by atoms with Crippen molar-refractivity contribution in [2.24, 2.45) is 0 Å². The van der Waals surface area contributed by atoms with Crippen LogP contribution in [-0.2, 0) is 14.6 Å². The Hall–Kier alpha value is -1.59. The first-order valence-electron chi connectivity index (χ1n) is 12.3. The van der Waals surface area contributed by atoms with Crippen LogP contribution in [0, 0.1) is 11.3 Å². The van der Waals surface area contributed by atoms with Gasteiger partial charge in [0.05, 0.1) is 11.5 Å². The van der Waals surface area contributed by atoms with Gasteiger partial charge < -0.3 is 15.1 Å². The minimum atomic E-state index is -3.05. The average molecular weight is 467 g/mol. The highest BCUT2D eigenvalue weighted by Gasteiger charge is 2.31. The molecule has 1 saturated heterocycles. The first kappa shape index (κ1) is 26.7. The minimum absolute atomic E-state index is 0.0687. The van der Waals surface area contributed by atoms with E-state index in [1.54, 1.807) is 6.20 Å². The number of hydrogen-bond donors (Lipinski definition) is 1. The number of nitrogens with zero attached hydrogens (tertiary/aromatic N) is 3. The third kappa shape index (κ3) is 9.91. The van der Waals surface area contributed by atoms with E-state index in [9.17, 15) is 18.5 Å². The van der Waals surface area contributed by atoms with Gasteiger partial charge in [-0.15, -0.1) is 0 Å². The molecule has 7 nitrogen and oxygen atoms in total. The molecule has 182 valence electrons. The summed E-state index contributed by atoms with van der Waals surface area (Å²) in [5, 5.41) is 12.8. The molecule has 1 heterocycles. The van der Waals surface area contributed by atoms with Crippen LogP contribution < -0.4 is 5.32 Å². The molecule has 2 fully saturated rings. The number of nitrogens with one attached hydrogen (secondary N) is 1. The lowest BCUT2D eigenvalue weighted by Crippen LogP contribution is -2.39. The molecule has 1 saturated carbocycles. The number of likely N-dealkylation sites (N-methyl/N-ethyl adjacent to an activating group) is 1. The van der Waals surface area contributed by atoms with Gasteiger partial charge in [-0.25, -0.2) is 8.42 Å². The van der Waals surface area contributed by atoms with Gasteiger partial charge in [0, 0.05) is 31.4 Å². The number of nitriles is 1. The van der Waals surface area contributed by atoms with Crippen molar-refractivity contribution >= 4 is 15.7 Å².